The SMILES string of the molecule is CCC(C)NC(=NC)NCc1ccc(N(CC)CC)c(F)c1. The lowest BCUT2D eigenvalue weighted by Gasteiger charge is -2.22. The van der Waals surface area contributed by atoms with Crippen LogP contribution in [0.2, 0.25) is 0 Å². The molecular formula is C17H29FN4. The number of hydrogen-bond acceptors (Lipinski definition) is 2. The maximum atomic E-state index is 14.2. The molecule has 0 heterocycles. The number of nitrogens with one attached hydrogen (secondary N) is 2. The van der Waals surface area contributed by atoms with Crippen molar-refractivity contribution in [3.05, 3.63) is 29.6 Å². The van der Waals surface area contributed by atoms with Crippen LogP contribution in [-0.4, -0.2) is 32.1 Å². The van der Waals surface area contributed by atoms with Crippen molar-refractivity contribution in [3.63, 3.8) is 0 Å². The van der Waals surface area contributed by atoms with E-state index in [2.05, 4.69) is 29.5 Å². The monoisotopic (exact) mass is 308 g/mol. The highest BCUT2D eigenvalue weighted by molar-refractivity contribution is 5.79. The highest BCUT2D eigenvalue weighted by Crippen LogP contribution is 2.20. The molecule has 4 nitrogen and oxygen atoms in total. The molecule has 0 radical (unpaired) electrons. The van der Waals surface area contributed by atoms with Gasteiger partial charge in [0.05, 0.1) is 5.69 Å². The lowest BCUT2D eigenvalue weighted by atomic mass is 10.1. The van der Waals surface area contributed by atoms with Crippen LogP contribution in [-0.2, 0) is 6.54 Å². The van der Waals surface area contributed by atoms with Crippen LogP contribution in [0.4, 0.5) is 10.1 Å². The fourth-order valence-electron chi connectivity index (χ4n) is 2.20. The summed E-state index contributed by atoms with van der Waals surface area (Å²) < 4.78 is 14.2. The minimum Gasteiger partial charge on any atom is -0.370 e. The predicted molar refractivity (Wildman–Crippen MR) is 93.0 cm³/mol. The standard InChI is InChI=1S/C17H29FN4/c1-6-13(4)21-17(19-5)20-12-14-9-10-16(15(18)11-14)22(7-2)8-3/h9-11,13H,6-8,12H2,1-5H3,(H2,19,20,21). The lowest BCUT2D eigenvalue weighted by Crippen LogP contribution is -2.41. The van der Waals surface area contributed by atoms with E-state index < -0.39 is 0 Å². The molecule has 1 unspecified atom stereocenters. The van der Waals surface area contributed by atoms with Gasteiger partial charge in [-0.15, -0.1) is 0 Å². The Bertz CT molecular complexity index is 484. The molecule has 2 N–H and O–H groups in total. The van der Waals surface area contributed by atoms with Crippen molar-refractivity contribution in [1.82, 2.24) is 10.6 Å². The van der Waals surface area contributed by atoms with E-state index in [0.717, 1.165) is 31.0 Å². The summed E-state index contributed by atoms with van der Waals surface area (Å²) in [5.74, 6) is 0.565. The van der Waals surface area contributed by atoms with Crippen molar-refractivity contribution in [2.24, 2.45) is 4.99 Å². The predicted octanol–water partition coefficient (Wildman–Crippen LogP) is 3.14. The second-order valence-electron chi connectivity index (χ2n) is 5.34. The summed E-state index contributed by atoms with van der Waals surface area (Å²) >= 11 is 0. The molecule has 22 heavy (non-hydrogen) atoms. The zero-order valence-electron chi connectivity index (χ0n) is 14.4. The zero-order valence-corrected chi connectivity index (χ0v) is 14.4. The van der Waals surface area contributed by atoms with E-state index in [1.807, 2.05) is 30.9 Å². The normalized spacial score (nSPS) is 12.9. The minimum atomic E-state index is -0.173. The highest BCUT2D eigenvalue weighted by Gasteiger charge is 2.09. The molecule has 124 valence electrons. The third-order valence-corrected chi connectivity index (χ3v) is 3.80. The summed E-state index contributed by atoms with van der Waals surface area (Å²) in [5, 5.41) is 6.50. The number of hydrogen-bond donors (Lipinski definition) is 2. The van der Waals surface area contributed by atoms with Gasteiger partial charge in [-0.2, -0.15) is 0 Å². The molecule has 0 saturated carbocycles. The smallest absolute Gasteiger partial charge is 0.191 e. The molecule has 0 spiro atoms. The Hall–Kier alpha value is -1.78. The molecule has 0 bridgehead atoms. The van der Waals surface area contributed by atoms with Gasteiger partial charge in [0.25, 0.3) is 0 Å². The Morgan fingerprint density at radius 2 is 1.95 bits per heavy atom. The van der Waals surface area contributed by atoms with Gasteiger partial charge in [-0.1, -0.05) is 13.0 Å². The minimum absolute atomic E-state index is 0.173. The van der Waals surface area contributed by atoms with E-state index in [0.29, 0.717) is 18.3 Å². The molecule has 1 rings (SSSR count). The van der Waals surface area contributed by atoms with Gasteiger partial charge in [0.1, 0.15) is 5.82 Å². The average molecular weight is 308 g/mol. The number of aliphatic imine (C=N–C) groups is 1. The molecule has 0 aliphatic carbocycles. The topological polar surface area (TPSA) is 39.7 Å². The molecule has 1 atom stereocenters. The number of nitrogens with zero attached hydrogens (tertiary/aromatic N) is 2. The van der Waals surface area contributed by atoms with Crippen LogP contribution in [0.15, 0.2) is 23.2 Å². The number of guanidine groups is 1. The van der Waals surface area contributed by atoms with Gasteiger partial charge < -0.3 is 15.5 Å². The summed E-state index contributed by atoms with van der Waals surface area (Å²) in [7, 11) is 1.74. The van der Waals surface area contributed by atoms with Crippen LogP contribution in [0.25, 0.3) is 0 Å². The molecule has 0 aliphatic heterocycles. The lowest BCUT2D eigenvalue weighted by molar-refractivity contribution is 0.613. The van der Waals surface area contributed by atoms with Crippen molar-refractivity contribution in [2.75, 3.05) is 25.0 Å². The van der Waals surface area contributed by atoms with Crippen LogP contribution in [0, 0.1) is 5.82 Å². The Labute approximate surface area is 133 Å². The van der Waals surface area contributed by atoms with E-state index in [4.69, 9.17) is 0 Å². The molecule has 0 fully saturated rings. The van der Waals surface area contributed by atoms with Crippen LogP contribution in [0.5, 0.6) is 0 Å². The number of halogens is 1. The van der Waals surface area contributed by atoms with Gasteiger partial charge >= 0.3 is 0 Å². The summed E-state index contributed by atoms with van der Waals surface area (Å²) in [6.07, 6.45) is 1.02. The highest BCUT2D eigenvalue weighted by atomic mass is 19.1. The molecule has 0 aliphatic rings. The van der Waals surface area contributed by atoms with Gasteiger partial charge in [0.2, 0.25) is 0 Å². The van der Waals surface area contributed by atoms with Gasteiger partial charge in [0, 0.05) is 32.7 Å². The molecule has 0 saturated heterocycles. The van der Waals surface area contributed by atoms with Gasteiger partial charge in [0.15, 0.2) is 5.96 Å². The van der Waals surface area contributed by atoms with Crippen LogP contribution >= 0.6 is 0 Å². The first kappa shape index (κ1) is 18.3. The van der Waals surface area contributed by atoms with Crippen molar-refractivity contribution in [1.29, 1.82) is 0 Å². The molecule has 1 aromatic rings. The van der Waals surface area contributed by atoms with Crippen molar-refractivity contribution >= 4 is 11.6 Å². The van der Waals surface area contributed by atoms with E-state index >= 15 is 0 Å². The van der Waals surface area contributed by atoms with E-state index in [1.165, 1.54) is 0 Å². The third-order valence-electron chi connectivity index (χ3n) is 3.80. The Balaban J connectivity index is 2.69. The first-order chi connectivity index (χ1) is 10.5. The fourth-order valence-corrected chi connectivity index (χ4v) is 2.20. The summed E-state index contributed by atoms with van der Waals surface area (Å²) in [4.78, 5) is 6.19. The van der Waals surface area contributed by atoms with Gasteiger partial charge in [-0.05, 0) is 44.9 Å². The van der Waals surface area contributed by atoms with E-state index in [1.54, 1.807) is 13.1 Å². The molecule has 0 amide bonds. The van der Waals surface area contributed by atoms with E-state index in [9.17, 15) is 4.39 Å². The average Bonchev–Trinajstić information content (AvgIpc) is 2.53. The summed E-state index contributed by atoms with van der Waals surface area (Å²) in [5.41, 5.74) is 1.57. The van der Waals surface area contributed by atoms with Crippen LogP contribution < -0.4 is 15.5 Å². The summed E-state index contributed by atoms with van der Waals surface area (Å²) in [6.45, 7) is 10.4. The second kappa shape index (κ2) is 9.28. The number of benzene rings is 1. The molecule has 0 aromatic heterocycles. The van der Waals surface area contributed by atoms with E-state index in [-0.39, 0.29) is 5.82 Å². The summed E-state index contributed by atoms with van der Waals surface area (Å²) in [6, 6.07) is 5.76. The zero-order chi connectivity index (χ0) is 16.5. The van der Waals surface area contributed by atoms with Crippen molar-refractivity contribution in [3.8, 4) is 0 Å². The van der Waals surface area contributed by atoms with Crippen LogP contribution in [0.3, 0.4) is 0 Å². The Morgan fingerprint density at radius 3 is 2.45 bits per heavy atom. The third kappa shape index (κ3) is 5.20. The Kier molecular flexibility index (Phi) is 7.71. The molecule has 5 heteroatoms. The quantitative estimate of drug-likeness (QED) is 0.600. The van der Waals surface area contributed by atoms with Crippen molar-refractivity contribution in [2.45, 2.75) is 46.7 Å². The van der Waals surface area contributed by atoms with Crippen LogP contribution in [0.1, 0.15) is 39.7 Å². The second-order valence-corrected chi connectivity index (χ2v) is 5.34. The maximum absolute atomic E-state index is 14.2. The first-order valence-corrected chi connectivity index (χ1v) is 8.06. The van der Waals surface area contributed by atoms with Gasteiger partial charge in [-0.25, -0.2) is 4.39 Å². The molecular weight excluding hydrogens is 279 g/mol. The van der Waals surface area contributed by atoms with Crippen molar-refractivity contribution < 1.29 is 4.39 Å². The molecule has 1 aromatic carbocycles. The fraction of sp³-hybridized carbons (Fsp3) is 0.588. The number of rotatable bonds is 7. The first-order valence-electron chi connectivity index (χ1n) is 8.06. The Morgan fingerprint density at radius 1 is 1.27 bits per heavy atom. The largest absolute Gasteiger partial charge is 0.370 e. The number of anilines is 1. The van der Waals surface area contributed by atoms with Gasteiger partial charge in [-0.3, -0.25) is 4.99 Å². The maximum Gasteiger partial charge on any atom is 0.191 e.